The lowest BCUT2D eigenvalue weighted by Crippen LogP contribution is -2.47. The minimum Gasteiger partial charge on any atom is -0.493 e. The zero-order chi connectivity index (χ0) is 23.3. The molecule has 0 aliphatic carbocycles. The molecule has 0 atom stereocenters. The number of carbonyl (C=O) groups excluding carboxylic acids is 1. The van der Waals surface area contributed by atoms with Crippen LogP contribution in [-0.4, -0.2) is 78.1 Å². The number of sulfonamides is 1. The molecule has 9 nitrogen and oxygen atoms in total. The molecule has 0 unspecified atom stereocenters. The molecule has 0 saturated carbocycles. The van der Waals surface area contributed by atoms with E-state index in [2.05, 4.69) is 10.2 Å². The molecule has 1 aliphatic rings. The number of benzene rings is 2. The fourth-order valence-corrected chi connectivity index (χ4v) is 4.88. The molecule has 1 heterocycles. The van der Waals surface area contributed by atoms with E-state index in [1.54, 1.807) is 36.4 Å². The Morgan fingerprint density at radius 3 is 2.00 bits per heavy atom. The highest BCUT2D eigenvalue weighted by Gasteiger charge is 2.27. The molecule has 10 heteroatoms. The smallest absolute Gasteiger partial charge is 0.251 e. The normalized spacial score (nSPS) is 15.2. The molecule has 1 fully saturated rings. The van der Waals surface area contributed by atoms with Crippen molar-refractivity contribution >= 4 is 15.9 Å². The van der Waals surface area contributed by atoms with E-state index >= 15 is 0 Å². The van der Waals surface area contributed by atoms with Crippen LogP contribution in [0.3, 0.4) is 0 Å². The predicted molar refractivity (Wildman–Crippen MR) is 120 cm³/mol. The van der Waals surface area contributed by atoms with Gasteiger partial charge in [0.1, 0.15) is 0 Å². The summed E-state index contributed by atoms with van der Waals surface area (Å²) in [6.45, 7) is 2.62. The van der Waals surface area contributed by atoms with Gasteiger partial charge >= 0.3 is 0 Å². The Kier molecular flexibility index (Phi) is 7.60. The van der Waals surface area contributed by atoms with Crippen LogP contribution in [-0.2, 0) is 16.6 Å². The largest absolute Gasteiger partial charge is 0.493 e. The van der Waals surface area contributed by atoms with Gasteiger partial charge in [-0.2, -0.15) is 4.31 Å². The molecular weight excluding hydrogens is 434 g/mol. The maximum atomic E-state index is 12.8. The van der Waals surface area contributed by atoms with Crippen molar-refractivity contribution in [2.45, 2.75) is 11.4 Å². The van der Waals surface area contributed by atoms with E-state index < -0.39 is 10.0 Å². The van der Waals surface area contributed by atoms with Crippen molar-refractivity contribution in [1.82, 2.24) is 14.5 Å². The lowest BCUT2D eigenvalue weighted by Gasteiger charge is -2.31. The highest BCUT2D eigenvalue weighted by Crippen LogP contribution is 2.38. The van der Waals surface area contributed by atoms with Crippen LogP contribution < -0.4 is 19.5 Å². The maximum Gasteiger partial charge on any atom is 0.251 e. The molecule has 1 aliphatic heterocycles. The van der Waals surface area contributed by atoms with Crippen molar-refractivity contribution in [2.75, 3.05) is 54.6 Å². The van der Waals surface area contributed by atoms with Crippen LogP contribution in [0.2, 0.25) is 0 Å². The van der Waals surface area contributed by atoms with Gasteiger partial charge in [0, 0.05) is 38.3 Å². The number of rotatable bonds is 8. The summed E-state index contributed by atoms with van der Waals surface area (Å²) < 4.78 is 43.0. The highest BCUT2D eigenvalue weighted by molar-refractivity contribution is 7.89. The zero-order valence-electron chi connectivity index (χ0n) is 18.8. The summed E-state index contributed by atoms with van der Waals surface area (Å²) in [6, 6.07) is 9.71. The van der Waals surface area contributed by atoms with Gasteiger partial charge in [0.25, 0.3) is 5.91 Å². The second-order valence-electron chi connectivity index (χ2n) is 7.45. The van der Waals surface area contributed by atoms with Gasteiger partial charge in [-0.3, -0.25) is 4.79 Å². The Balaban J connectivity index is 1.67. The molecule has 3 rings (SSSR count). The van der Waals surface area contributed by atoms with Gasteiger partial charge < -0.3 is 24.4 Å². The Labute approximate surface area is 188 Å². The van der Waals surface area contributed by atoms with Gasteiger partial charge in [-0.05, 0) is 36.9 Å². The number of hydrogen-bond donors (Lipinski definition) is 1. The van der Waals surface area contributed by atoms with E-state index in [4.69, 9.17) is 14.2 Å². The first kappa shape index (κ1) is 23.8. The first-order chi connectivity index (χ1) is 15.3. The summed E-state index contributed by atoms with van der Waals surface area (Å²) in [5.41, 5.74) is 1.14. The van der Waals surface area contributed by atoms with Crippen molar-refractivity contribution in [2.24, 2.45) is 0 Å². The molecule has 32 heavy (non-hydrogen) atoms. The molecule has 2 aromatic rings. The number of hydrogen-bond acceptors (Lipinski definition) is 7. The number of carbonyl (C=O) groups is 1. The van der Waals surface area contributed by atoms with Gasteiger partial charge in [0.2, 0.25) is 15.8 Å². The van der Waals surface area contributed by atoms with Crippen molar-refractivity contribution in [3.8, 4) is 17.2 Å². The average Bonchev–Trinajstić information content (AvgIpc) is 2.82. The number of methoxy groups -OCH3 is 3. The summed E-state index contributed by atoms with van der Waals surface area (Å²) in [6.07, 6.45) is 0. The van der Waals surface area contributed by atoms with Crippen LogP contribution in [0.15, 0.2) is 41.3 Å². The summed E-state index contributed by atoms with van der Waals surface area (Å²) in [4.78, 5) is 15.0. The van der Waals surface area contributed by atoms with Gasteiger partial charge in [0.15, 0.2) is 11.5 Å². The van der Waals surface area contributed by atoms with Crippen LogP contribution in [0.25, 0.3) is 0 Å². The molecule has 2 aromatic carbocycles. The van der Waals surface area contributed by atoms with E-state index in [1.165, 1.54) is 25.6 Å². The number of likely N-dealkylation sites (N-methyl/N-ethyl adjacent to an activating group) is 1. The van der Waals surface area contributed by atoms with Gasteiger partial charge in [-0.15, -0.1) is 0 Å². The molecule has 0 spiro atoms. The van der Waals surface area contributed by atoms with Crippen molar-refractivity contribution < 1.29 is 27.4 Å². The van der Waals surface area contributed by atoms with Crippen LogP contribution in [0.5, 0.6) is 17.2 Å². The molecular formula is C22H29N3O6S. The monoisotopic (exact) mass is 463 g/mol. The first-order valence-electron chi connectivity index (χ1n) is 10.2. The zero-order valence-corrected chi connectivity index (χ0v) is 19.6. The second kappa shape index (κ2) is 10.2. The maximum absolute atomic E-state index is 12.8. The Morgan fingerprint density at radius 2 is 1.50 bits per heavy atom. The van der Waals surface area contributed by atoms with Gasteiger partial charge in [0.05, 0.1) is 26.2 Å². The number of amides is 1. The second-order valence-corrected chi connectivity index (χ2v) is 9.39. The van der Waals surface area contributed by atoms with E-state index in [0.717, 1.165) is 5.56 Å². The van der Waals surface area contributed by atoms with E-state index in [-0.39, 0.29) is 17.3 Å². The SMILES string of the molecule is COc1cc(C(=O)NCc2ccc(S(=O)(=O)N3CCN(C)CC3)cc2)cc(OC)c1OC. The average molecular weight is 464 g/mol. The third-order valence-electron chi connectivity index (χ3n) is 5.40. The van der Waals surface area contributed by atoms with Gasteiger partial charge in [-0.1, -0.05) is 12.1 Å². The van der Waals surface area contributed by atoms with E-state index in [0.29, 0.717) is 49.0 Å². The third kappa shape index (κ3) is 5.14. The standard InChI is InChI=1S/C22H29N3O6S/c1-24-9-11-25(12-10-24)32(27,28)18-7-5-16(6-8-18)15-23-22(26)17-13-19(29-2)21(31-4)20(14-17)30-3/h5-8,13-14H,9-12,15H2,1-4H3,(H,23,26). The van der Waals surface area contributed by atoms with Crippen LogP contribution in [0.4, 0.5) is 0 Å². The lowest BCUT2D eigenvalue weighted by atomic mass is 10.1. The van der Waals surface area contributed by atoms with Crippen LogP contribution in [0.1, 0.15) is 15.9 Å². The van der Waals surface area contributed by atoms with Crippen LogP contribution >= 0.6 is 0 Å². The Bertz CT molecular complexity index is 1020. The molecule has 1 amide bonds. The summed E-state index contributed by atoms with van der Waals surface area (Å²) in [7, 11) is 2.92. The van der Waals surface area contributed by atoms with Crippen LogP contribution in [0, 0.1) is 0 Å². The lowest BCUT2D eigenvalue weighted by molar-refractivity contribution is 0.0950. The minimum absolute atomic E-state index is 0.240. The first-order valence-corrected chi connectivity index (χ1v) is 11.6. The predicted octanol–water partition coefficient (Wildman–Crippen LogP) is 1.58. The molecule has 0 radical (unpaired) electrons. The number of ether oxygens (including phenoxy) is 3. The number of piperazine rings is 1. The number of nitrogens with zero attached hydrogens (tertiary/aromatic N) is 2. The fourth-order valence-electron chi connectivity index (χ4n) is 3.45. The van der Waals surface area contributed by atoms with Gasteiger partial charge in [-0.25, -0.2) is 8.42 Å². The Hall–Kier alpha value is -2.82. The molecule has 174 valence electrons. The minimum atomic E-state index is -3.52. The van der Waals surface area contributed by atoms with Crippen molar-refractivity contribution in [3.05, 3.63) is 47.5 Å². The summed E-state index contributed by atoms with van der Waals surface area (Å²) in [5, 5.41) is 2.83. The molecule has 1 saturated heterocycles. The number of nitrogens with one attached hydrogen (secondary N) is 1. The molecule has 0 aromatic heterocycles. The molecule has 0 bridgehead atoms. The summed E-state index contributed by atoms with van der Waals surface area (Å²) >= 11 is 0. The van der Waals surface area contributed by atoms with E-state index in [9.17, 15) is 13.2 Å². The quantitative estimate of drug-likeness (QED) is 0.635. The van der Waals surface area contributed by atoms with Crippen molar-refractivity contribution in [3.63, 3.8) is 0 Å². The molecule has 1 N–H and O–H groups in total. The Morgan fingerprint density at radius 1 is 0.938 bits per heavy atom. The third-order valence-corrected chi connectivity index (χ3v) is 7.32. The van der Waals surface area contributed by atoms with E-state index in [1.807, 2.05) is 7.05 Å². The highest BCUT2D eigenvalue weighted by atomic mass is 32.2. The summed E-state index contributed by atoms with van der Waals surface area (Å²) in [5.74, 6) is 0.855. The topological polar surface area (TPSA) is 97.4 Å². The van der Waals surface area contributed by atoms with Crippen molar-refractivity contribution in [1.29, 1.82) is 0 Å². The fraction of sp³-hybridized carbons (Fsp3) is 0.409.